The van der Waals surface area contributed by atoms with E-state index in [1.165, 1.54) is 17.7 Å². The van der Waals surface area contributed by atoms with Crippen LogP contribution in [0.25, 0.3) is 0 Å². The summed E-state index contributed by atoms with van der Waals surface area (Å²) < 4.78 is 18.6. The normalized spacial score (nSPS) is 10.2. The standard InChI is InChI=1S/C14H14FNO/c1-10-2-4-11(5-3-10)9-17-12-6-7-14(16)13(15)8-12/h2-8H,9,16H2,1H3. The highest BCUT2D eigenvalue weighted by molar-refractivity contribution is 5.43. The summed E-state index contributed by atoms with van der Waals surface area (Å²) in [5.41, 5.74) is 7.76. The second kappa shape index (κ2) is 4.87. The van der Waals surface area contributed by atoms with Crippen molar-refractivity contribution in [1.29, 1.82) is 0 Å². The maximum atomic E-state index is 13.2. The summed E-state index contributed by atoms with van der Waals surface area (Å²) in [6.45, 7) is 2.45. The molecule has 2 aromatic carbocycles. The molecule has 2 aromatic rings. The van der Waals surface area contributed by atoms with Crippen molar-refractivity contribution in [2.75, 3.05) is 5.73 Å². The Balaban J connectivity index is 2.02. The molecule has 2 N–H and O–H groups in total. The van der Waals surface area contributed by atoms with Gasteiger partial charge in [-0.3, -0.25) is 0 Å². The second-order valence-electron chi connectivity index (χ2n) is 3.96. The Hall–Kier alpha value is -2.03. The maximum absolute atomic E-state index is 13.2. The maximum Gasteiger partial charge on any atom is 0.149 e. The fourth-order valence-corrected chi connectivity index (χ4v) is 1.45. The monoisotopic (exact) mass is 231 g/mol. The molecule has 0 saturated carbocycles. The SMILES string of the molecule is Cc1ccc(COc2ccc(N)c(F)c2)cc1. The highest BCUT2D eigenvalue weighted by Gasteiger charge is 2.01. The molecule has 88 valence electrons. The minimum Gasteiger partial charge on any atom is -0.489 e. The third-order valence-electron chi connectivity index (χ3n) is 2.50. The first-order valence-corrected chi connectivity index (χ1v) is 5.38. The number of benzene rings is 2. The van der Waals surface area contributed by atoms with Crippen LogP contribution in [0.2, 0.25) is 0 Å². The molecule has 0 unspecified atom stereocenters. The topological polar surface area (TPSA) is 35.2 Å². The number of ether oxygens (including phenoxy) is 1. The Morgan fingerprint density at radius 3 is 2.47 bits per heavy atom. The Kier molecular flexibility index (Phi) is 3.28. The van der Waals surface area contributed by atoms with Crippen LogP contribution in [0.5, 0.6) is 5.75 Å². The molecule has 0 amide bonds. The predicted molar refractivity (Wildman–Crippen MR) is 66.3 cm³/mol. The van der Waals surface area contributed by atoms with Crippen LogP contribution >= 0.6 is 0 Å². The van der Waals surface area contributed by atoms with Crippen molar-refractivity contribution in [3.63, 3.8) is 0 Å². The molecule has 17 heavy (non-hydrogen) atoms. The molecule has 0 radical (unpaired) electrons. The zero-order valence-electron chi connectivity index (χ0n) is 9.61. The summed E-state index contributed by atoms with van der Waals surface area (Å²) >= 11 is 0. The van der Waals surface area contributed by atoms with E-state index < -0.39 is 5.82 Å². The van der Waals surface area contributed by atoms with Gasteiger partial charge in [-0.1, -0.05) is 29.8 Å². The van der Waals surface area contributed by atoms with Crippen LogP contribution in [0.4, 0.5) is 10.1 Å². The molecule has 0 aromatic heterocycles. The minimum absolute atomic E-state index is 0.132. The molecule has 0 atom stereocenters. The van der Waals surface area contributed by atoms with Crippen LogP contribution < -0.4 is 10.5 Å². The second-order valence-corrected chi connectivity index (χ2v) is 3.96. The zero-order valence-corrected chi connectivity index (χ0v) is 9.61. The van der Waals surface area contributed by atoms with Crippen molar-refractivity contribution >= 4 is 5.69 Å². The molecule has 0 heterocycles. The van der Waals surface area contributed by atoms with E-state index in [2.05, 4.69) is 0 Å². The average molecular weight is 231 g/mol. The van der Waals surface area contributed by atoms with Crippen LogP contribution in [-0.4, -0.2) is 0 Å². The van der Waals surface area contributed by atoms with Crippen LogP contribution in [-0.2, 0) is 6.61 Å². The van der Waals surface area contributed by atoms with E-state index in [-0.39, 0.29) is 5.69 Å². The number of anilines is 1. The van der Waals surface area contributed by atoms with Crippen molar-refractivity contribution in [3.05, 3.63) is 59.4 Å². The van der Waals surface area contributed by atoms with Gasteiger partial charge >= 0.3 is 0 Å². The Labute approximate surface area is 99.8 Å². The summed E-state index contributed by atoms with van der Waals surface area (Å²) in [5, 5.41) is 0. The number of rotatable bonds is 3. The largest absolute Gasteiger partial charge is 0.489 e. The van der Waals surface area contributed by atoms with Gasteiger partial charge in [0.05, 0.1) is 5.69 Å². The summed E-state index contributed by atoms with van der Waals surface area (Å²) in [6, 6.07) is 12.5. The molecule has 2 rings (SSSR count). The lowest BCUT2D eigenvalue weighted by Crippen LogP contribution is -1.97. The highest BCUT2D eigenvalue weighted by Crippen LogP contribution is 2.19. The Morgan fingerprint density at radius 1 is 1.12 bits per heavy atom. The predicted octanol–water partition coefficient (Wildman–Crippen LogP) is 3.30. The molecular weight excluding hydrogens is 217 g/mol. The van der Waals surface area contributed by atoms with E-state index in [4.69, 9.17) is 10.5 Å². The quantitative estimate of drug-likeness (QED) is 0.822. The number of halogens is 1. The third kappa shape index (κ3) is 2.97. The molecule has 0 aliphatic carbocycles. The van der Waals surface area contributed by atoms with Gasteiger partial charge < -0.3 is 10.5 Å². The number of nitrogen functional groups attached to an aromatic ring is 1. The minimum atomic E-state index is -0.452. The van der Waals surface area contributed by atoms with Gasteiger partial charge in [-0.15, -0.1) is 0 Å². The van der Waals surface area contributed by atoms with Crippen molar-refractivity contribution < 1.29 is 9.13 Å². The van der Waals surface area contributed by atoms with E-state index >= 15 is 0 Å². The first kappa shape index (κ1) is 11.5. The molecular formula is C14H14FNO. The van der Waals surface area contributed by atoms with Gasteiger partial charge in [-0.25, -0.2) is 4.39 Å². The molecule has 2 nitrogen and oxygen atoms in total. The van der Waals surface area contributed by atoms with Gasteiger partial charge in [-0.05, 0) is 24.6 Å². The molecule has 0 fully saturated rings. The molecule has 0 spiro atoms. The summed E-state index contributed by atoms with van der Waals surface area (Å²) in [7, 11) is 0. The number of aryl methyl sites for hydroxylation is 1. The first-order valence-electron chi connectivity index (χ1n) is 5.38. The molecule has 3 heteroatoms. The van der Waals surface area contributed by atoms with Gasteiger partial charge in [0, 0.05) is 6.07 Å². The van der Waals surface area contributed by atoms with Gasteiger partial charge in [0.25, 0.3) is 0 Å². The summed E-state index contributed by atoms with van der Waals surface area (Å²) in [6.07, 6.45) is 0. The molecule has 0 aliphatic heterocycles. The number of hydrogen-bond donors (Lipinski definition) is 1. The van der Waals surface area contributed by atoms with E-state index in [0.717, 1.165) is 5.56 Å². The summed E-state index contributed by atoms with van der Waals surface area (Å²) in [4.78, 5) is 0. The Bertz CT molecular complexity index is 508. The van der Waals surface area contributed by atoms with Gasteiger partial charge in [0.2, 0.25) is 0 Å². The van der Waals surface area contributed by atoms with E-state index in [1.54, 1.807) is 6.07 Å². The van der Waals surface area contributed by atoms with Crippen molar-refractivity contribution in [2.45, 2.75) is 13.5 Å². The lowest BCUT2D eigenvalue weighted by molar-refractivity contribution is 0.304. The lowest BCUT2D eigenvalue weighted by Gasteiger charge is -2.07. The van der Waals surface area contributed by atoms with Crippen LogP contribution in [0.15, 0.2) is 42.5 Å². The zero-order chi connectivity index (χ0) is 12.3. The van der Waals surface area contributed by atoms with Gasteiger partial charge in [0.1, 0.15) is 18.2 Å². The van der Waals surface area contributed by atoms with Crippen LogP contribution in [0, 0.1) is 12.7 Å². The van der Waals surface area contributed by atoms with Crippen LogP contribution in [0.1, 0.15) is 11.1 Å². The number of nitrogens with two attached hydrogens (primary N) is 1. The fraction of sp³-hybridized carbons (Fsp3) is 0.143. The van der Waals surface area contributed by atoms with E-state index in [0.29, 0.717) is 12.4 Å². The van der Waals surface area contributed by atoms with E-state index in [1.807, 2.05) is 31.2 Å². The summed E-state index contributed by atoms with van der Waals surface area (Å²) in [5.74, 6) is 0.0312. The fourth-order valence-electron chi connectivity index (χ4n) is 1.45. The van der Waals surface area contributed by atoms with E-state index in [9.17, 15) is 4.39 Å². The van der Waals surface area contributed by atoms with Crippen LogP contribution in [0.3, 0.4) is 0 Å². The Morgan fingerprint density at radius 2 is 1.82 bits per heavy atom. The first-order chi connectivity index (χ1) is 8.15. The van der Waals surface area contributed by atoms with Crippen molar-refractivity contribution in [1.82, 2.24) is 0 Å². The average Bonchev–Trinajstić information content (AvgIpc) is 2.33. The van der Waals surface area contributed by atoms with Crippen molar-refractivity contribution in [3.8, 4) is 5.75 Å². The van der Waals surface area contributed by atoms with Gasteiger partial charge in [0.15, 0.2) is 0 Å². The smallest absolute Gasteiger partial charge is 0.149 e. The molecule has 0 aliphatic rings. The molecule has 0 saturated heterocycles. The number of hydrogen-bond acceptors (Lipinski definition) is 2. The molecule has 0 bridgehead atoms. The highest BCUT2D eigenvalue weighted by atomic mass is 19.1. The lowest BCUT2D eigenvalue weighted by atomic mass is 10.2. The van der Waals surface area contributed by atoms with Gasteiger partial charge in [-0.2, -0.15) is 0 Å². The van der Waals surface area contributed by atoms with Crippen molar-refractivity contribution in [2.24, 2.45) is 0 Å². The third-order valence-corrected chi connectivity index (χ3v) is 2.50.